The van der Waals surface area contributed by atoms with Crippen molar-refractivity contribution < 1.29 is 23.5 Å². The van der Waals surface area contributed by atoms with Gasteiger partial charge in [-0.25, -0.2) is 14.0 Å². The van der Waals surface area contributed by atoms with Gasteiger partial charge in [-0.3, -0.25) is 0 Å². The zero-order chi connectivity index (χ0) is 23.2. The number of allylic oxidation sites excluding steroid dienone is 1. The maximum atomic E-state index is 13.8. The molecule has 1 aliphatic heterocycles. The van der Waals surface area contributed by atoms with Gasteiger partial charge in [0.25, 0.3) is 0 Å². The van der Waals surface area contributed by atoms with E-state index < -0.39 is 18.0 Å². The van der Waals surface area contributed by atoms with Crippen LogP contribution in [0.25, 0.3) is 0 Å². The first kappa shape index (κ1) is 22.1. The van der Waals surface area contributed by atoms with Crippen LogP contribution < -0.4 is 15.4 Å². The number of halogens is 1. The molecule has 33 heavy (non-hydrogen) atoms. The summed E-state index contributed by atoms with van der Waals surface area (Å²) < 4.78 is 25.0. The number of benzene rings is 3. The van der Waals surface area contributed by atoms with E-state index in [0.717, 1.165) is 5.56 Å². The van der Waals surface area contributed by atoms with Crippen molar-refractivity contribution in [1.82, 2.24) is 10.6 Å². The highest BCUT2D eigenvalue weighted by atomic mass is 19.1. The molecular formula is C26H23FN2O4. The fraction of sp³-hybridized carbons (Fsp3) is 0.154. The van der Waals surface area contributed by atoms with Gasteiger partial charge < -0.3 is 20.1 Å². The third-order valence-corrected chi connectivity index (χ3v) is 5.27. The lowest BCUT2D eigenvalue weighted by Gasteiger charge is -2.28. The van der Waals surface area contributed by atoms with Gasteiger partial charge in [-0.05, 0) is 36.2 Å². The highest BCUT2D eigenvalue weighted by Gasteiger charge is 2.32. The SMILES string of the molecule is CC1=C(C(=O)OCc2ccccc2)C(c2ccc(OCc3ccccc3F)cc2)NC(=O)N1. The van der Waals surface area contributed by atoms with Crippen LogP contribution in [0.2, 0.25) is 0 Å². The van der Waals surface area contributed by atoms with E-state index in [-0.39, 0.29) is 19.0 Å². The number of ether oxygens (including phenoxy) is 2. The lowest BCUT2D eigenvalue weighted by Crippen LogP contribution is -2.45. The largest absolute Gasteiger partial charge is 0.489 e. The molecule has 0 radical (unpaired) electrons. The van der Waals surface area contributed by atoms with Gasteiger partial charge in [-0.15, -0.1) is 0 Å². The number of carbonyl (C=O) groups excluding carboxylic acids is 2. The van der Waals surface area contributed by atoms with Gasteiger partial charge in [-0.1, -0.05) is 60.7 Å². The van der Waals surface area contributed by atoms with Crippen molar-refractivity contribution in [3.8, 4) is 5.75 Å². The average Bonchev–Trinajstić information content (AvgIpc) is 2.82. The summed E-state index contributed by atoms with van der Waals surface area (Å²) in [5.74, 6) is -0.310. The smallest absolute Gasteiger partial charge is 0.338 e. The minimum absolute atomic E-state index is 0.0895. The topological polar surface area (TPSA) is 76.7 Å². The van der Waals surface area contributed by atoms with Crippen LogP contribution in [0.4, 0.5) is 9.18 Å². The van der Waals surface area contributed by atoms with Gasteiger partial charge in [0.05, 0.1) is 11.6 Å². The zero-order valence-electron chi connectivity index (χ0n) is 18.0. The summed E-state index contributed by atoms with van der Waals surface area (Å²) >= 11 is 0. The minimum Gasteiger partial charge on any atom is -0.489 e. The van der Waals surface area contributed by atoms with Gasteiger partial charge in [0.15, 0.2) is 0 Å². The molecule has 1 unspecified atom stereocenters. The average molecular weight is 446 g/mol. The molecule has 0 fully saturated rings. The number of amides is 2. The van der Waals surface area contributed by atoms with E-state index in [1.165, 1.54) is 6.07 Å². The number of esters is 1. The fourth-order valence-electron chi connectivity index (χ4n) is 3.55. The summed E-state index contributed by atoms with van der Waals surface area (Å²) in [7, 11) is 0. The molecule has 0 spiro atoms. The highest BCUT2D eigenvalue weighted by molar-refractivity contribution is 5.95. The van der Waals surface area contributed by atoms with Crippen LogP contribution in [-0.4, -0.2) is 12.0 Å². The summed E-state index contributed by atoms with van der Waals surface area (Å²) in [6, 6.07) is 21.6. The number of urea groups is 1. The van der Waals surface area contributed by atoms with Crippen LogP contribution in [-0.2, 0) is 22.7 Å². The van der Waals surface area contributed by atoms with Crippen LogP contribution in [0.3, 0.4) is 0 Å². The van der Waals surface area contributed by atoms with E-state index in [2.05, 4.69) is 10.6 Å². The van der Waals surface area contributed by atoms with Crippen molar-refractivity contribution in [3.63, 3.8) is 0 Å². The first-order valence-corrected chi connectivity index (χ1v) is 10.5. The maximum Gasteiger partial charge on any atom is 0.338 e. The third-order valence-electron chi connectivity index (χ3n) is 5.27. The van der Waals surface area contributed by atoms with Gasteiger partial charge >= 0.3 is 12.0 Å². The third kappa shape index (κ3) is 5.38. The van der Waals surface area contributed by atoms with Gasteiger partial charge in [0.1, 0.15) is 24.8 Å². The van der Waals surface area contributed by atoms with Crippen molar-refractivity contribution in [2.75, 3.05) is 0 Å². The summed E-state index contributed by atoms with van der Waals surface area (Å²) in [6.45, 7) is 1.88. The molecule has 7 heteroatoms. The van der Waals surface area contributed by atoms with Crippen LogP contribution in [0.5, 0.6) is 5.75 Å². The molecule has 3 aromatic rings. The molecule has 0 saturated carbocycles. The van der Waals surface area contributed by atoms with Crippen molar-refractivity contribution in [2.24, 2.45) is 0 Å². The predicted molar refractivity (Wildman–Crippen MR) is 121 cm³/mol. The molecule has 0 bridgehead atoms. The molecule has 1 aliphatic rings. The fourth-order valence-corrected chi connectivity index (χ4v) is 3.55. The van der Waals surface area contributed by atoms with E-state index in [1.807, 2.05) is 30.3 Å². The Morgan fingerprint density at radius 2 is 1.64 bits per heavy atom. The first-order valence-electron chi connectivity index (χ1n) is 10.5. The minimum atomic E-state index is -0.678. The summed E-state index contributed by atoms with van der Waals surface area (Å²) in [5.41, 5.74) is 2.76. The van der Waals surface area contributed by atoms with Gasteiger partial charge in [0.2, 0.25) is 0 Å². The van der Waals surface area contributed by atoms with Crippen LogP contribution in [0.15, 0.2) is 90.1 Å². The number of rotatable bonds is 7. The predicted octanol–water partition coefficient (Wildman–Crippen LogP) is 4.78. The van der Waals surface area contributed by atoms with E-state index in [9.17, 15) is 14.0 Å². The molecule has 1 atom stereocenters. The van der Waals surface area contributed by atoms with Gasteiger partial charge in [-0.2, -0.15) is 0 Å². The van der Waals surface area contributed by atoms with Crippen LogP contribution >= 0.6 is 0 Å². The molecule has 2 amide bonds. The molecule has 2 N–H and O–H groups in total. The van der Waals surface area contributed by atoms with E-state index in [4.69, 9.17) is 9.47 Å². The van der Waals surface area contributed by atoms with Gasteiger partial charge in [0, 0.05) is 11.3 Å². The second kappa shape index (κ2) is 9.99. The number of carbonyl (C=O) groups is 2. The Bertz CT molecular complexity index is 1180. The Labute approximate surface area is 191 Å². The Kier molecular flexibility index (Phi) is 6.69. The van der Waals surface area contributed by atoms with Crippen molar-refractivity contribution >= 4 is 12.0 Å². The second-order valence-electron chi connectivity index (χ2n) is 7.58. The number of hydrogen-bond acceptors (Lipinski definition) is 4. The normalized spacial score (nSPS) is 15.5. The van der Waals surface area contributed by atoms with Crippen LogP contribution in [0, 0.1) is 5.82 Å². The number of hydrogen-bond donors (Lipinski definition) is 2. The Balaban J connectivity index is 1.48. The lowest BCUT2D eigenvalue weighted by atomic mass is 9.95. The number of nitrogens with one attached hydrogen (secondary N) is 2. The Morgan fingerprint density at radius 1 is 0.939 bits per heavy atom. The quantitative estimate of drug-likeness (QED) is 0.513. The molecule has 1 heterocycles. The first-order chi connectivity index (χ1) is 16.0. The molecule has 0 aliphatic carbocycles. The molecule has 168 valence electrons. The van der Waals surface area contributed by atoms with Crippen LogP contribution in [0.1, 0.15) is 29.7 Å². The molecule has 6 nitrogen and oxygen atoms in total. The molecular weight excluding hydrogens is 423 g/mol. The Hall–Kier alpha value is -4.13. The molecule has 4 rings (SSSR count). The molecule has 0 aromatic heterocycles. The van der Waals surface area contributed by atoms with Crippen molar-refractivity contribution in [1.29, 1.82) is 0 Å². The maximum absolute atomic E-state index is 13.8. The summed E-state index contributed by atoms with van der Waals surface area (Å²) in [5, 5.41) is 5.41. The summed E-state index contributed by atoms with van der Waals surface area (Å²) in [6.07, 6.45) is 0. The highest BCUT2D eigenvalue weighted by Crippen LogP contribution is 2.29. The standard InChI is InChI=1S/C26H23FN2O4/c1-17-23(25(30)33-15-18-7-3-2-4-8-18)24(29-26(31)28-17)19-11-13-21(14-12-19)32-16-20-9-5-6-10-22(20)27/h2-14,24H,15-16H2,1H3,(H2,28,29,31). The van der Waals surface area contributed by atoms with E-state index in [1.54, 1.807) is 49.4 Å². The molecule has 3 aromatic carbocycles. The van der Waals surface area contributed by atoms with E-state index in [0.29, 0.717) is 28.1 Å². The monoisotopic (exact) mass is 446 g/mol. The summed E-state index contributed by atoms with van der Waals surface area (Å²) in [4.78, 5) is 25.0. The lowest BCUT2D eigenvalue weighted by molar-refractivity contribution is -0.140. The second-order valence-corrected chi connectivity index (χ2v) is 7.58. The van der Waals surface area contributed by atoms with Crippen molar-refractivity contribution in [2.45, 2.75) is 26.2 Å². The van der Waals surface area contributed by atoms with E-state index >= 15 is 0 Å². The molecule has 0 saturated heterocycles. The zero-order valence-corrected chi connectivity index (χ0v) is 18.0. The Morgan fingerprint density at radius 3 is 2.36 bits per heavy atom. The van der Waals surface area contributed by atoms with Crippen molar-refractivity contribution in [3.05, 3.63) is 113 Å².